The molecule has 1 atom stereocenters. The van der Waals surface area contributed by atoms with Gasteiger partial charge in [-0.25, -0.2) is 4.68 Å². The third-order valence-corrected chi connectivity index (χ3v) is 5.13. The maximum absolute atomic E-state index is 12.5. The summed E-state index contributed by atoms with van der Waals surface area (Å²) >= 11 is 0. The first-order valence-electron chi connectivity index (χ1n) is 9.78. The monoisotopic (exact) mass is 356 g/mol. The largest absolute Gasteiger partial charge is 0.484 e. The Morgan fingerprint density at radius 3 is 2.46 bits per heavy atom. The van der Waals surface area contributed by atoms with Crippen LogP contribution in [0.2, 0.25) is 0 Å². The summed E-state index contributed by atoms with van der Waals surface area (Å²) in [6, 6.07) is 8.02. The highest BCUT2D eigenvalue weighted by Crippen LogP contribution is 2.22. The molecule has 26 heavy (non-hydrogen) atoms. The molecule has 2 rings (SSSR count). The number of aryl methyl sites for hydroxylation is 1. The molecule has 1 heterocycles. The van der Waals surface area contributed by atoms with Crippen molar-refractivity contribution in [2.24, 2.45) is 0 Å². The molecule has 0 aliphatic heterocycles. The average Bonchev–Trinajstić information content (AvgIpc) is 2.94. The molecule has 2 aromatic rings. The predicted octanol–water partition coefficient (Wildman–Crippen LogP) is 5.47. The van der Waals surface area contributed by atoms with Crippen LogP contribution in [0.1, 0.15) is 79.7 Å². The van der Waals surface area contributed by atoms with Gasteiger partial charge in [0, 0.05) is 5.69 Å². The van der Waals surface area contributed by atoms with Crippen LogP contribution in [0.3, 0.4) is 0 Å². The molecular formula is C22H32N2O2. The Bertz CT molecular complexity index is 716. The minimum absolute atomic E-state index is 0.000954. The second-order valence-corrected chi connectivity index (χ2v) is 7.08. The van der Waals surface area contributed by atoms with Gasteiger partial charge in [-0.3, -0.25) is 4.79 Å². The van der Waals surface area contributed by atoms with Gasteiger partial charge in [0.2, 0.25) is 0 Å². The molecule has 0 bridgehead atoms. The molecule has 0 aliphatic rings. The van der Waals surface area contributed by atoms with Crippen molar-refractivity contribution in [2.45, 2.75) is 72.6 Å². The van der Waals surface area contributed by atoms with Gasteiger partial charge in [-0.2, -0.15) is 5.10 Å². The van der Waals surface area contributed by atoms with Gasteiger partial charge >= 0.3 is 0 Å². The first kappa shape index (κ1) is 20.2. The average molecular weight is 357 g/mol. The fraction of sp³-hybridized carbons (Fsp3) is 0.545. The zero-order chi connectivity index (χ0) is 19.1. The standard InChI is InChI=1S/C22H32N2O2/c1-6-8-9-10-21-17(4)23-24(18(21)5)22(25)15-26-20-13-11-19(12-14-20)16(3)7-2/h11-14,16H,6-10,15H2,1-5H3. The topological polar surface area (TPSA) is 44.1 Å². The third kappa shape index (κ3) is 4.96. The van der Waals surface area contributed by atoms with Crippen molar-refractivity contribution in [1.82, 2.24) is 9.78 Å². The number of hydrogen-bond acceptors (Lipinski definition) is 3. The van der Waals surface area contributed by atoms with E-state index < -0.39 is 0 Å². The Balaban J connectivity index is 1.98. The summed E-state index contributed by atoms with van der Waals surface area (Å²) in [7, 11) is 0. The van der Waals surface area contributed by atoms with E-state index in [1.807, 2.05) is 26.0 Å². The molecule has 4 heteroatoms. The third-order valence-electron chi connectivity index (χ3n) is 5.13. The molecule has 0 spiro atoms. The van der Waals surface area contributed by atoms with Gasteiger partial charge in [0.15, 0.2) is 6.61 Å². The van der Waals surface area contributed by atoms with Crippen molar-refractivity contribution in [1.29, 1.82) is 0 Å². The predicted molar refractivity (Wildman–Crippen MR) is 106 cm³/mol. The smallest absolute Gasteiger partial charge is 0.284 e. The van der Waals surface area contributed by atoms with E-state index in [1.165, 1.54) is 28.7 Å². The number of nitrogens with zero attached hydrogens (tertiary/aromatic N) is 2. The van der Waals surface area contributed by atoms with Gasteiger partial charge in [0.05, 0.1) is 5.69 Å². The molecular weight excluding hydrogens is 324 g/mol. The van der Waals surface area contributed by atoms with Crippen LogP contribution in [0.15, 0.2) is 24.3 Å². The Hall–Kier alpha value is -2.10. The Morgan fingerprint density at radius 1 is 1.15 bits per heavy atom. The van der Waals surface area contributed by atoms with Crippen molar-refractivity contribution >= 4 is 5.91 Å². The van der Waals surface area contributed by atoms with E-state index in [9.17, 15) is 4.79 Å². The number of carbonyl (C=O) groups excluding carboxylic acids is 1. The second kappa shape index (κ2) is 9.56. The van der Waals surface area contributed by atoms with E-state index in [2.05, 4.69) is 38.0 Å². The highest BCUT2D eigenvalue weighted by atomic mass is 16.5. The van der Waals surface area contributed by atoms with Crippen molar-refractivity contribution in [3.8, 4) is 5.75 Å². The summed E-state index contributed by atoms with van der Waals surface area (Å²) in [5, 5.41) is 4.44. The summed E-state index contributed by atoms with van der Waals surface area (Å²) in [5.41, 5.74) is 4.38. The van der Waals surface area contributed by atoms with E-state index in [0.29, 0.717) is 5.92 Å². The SMILES string of the molecule is CCCCCc1c(C)nn(C(=O)COc2ccc(C(C)CC)cc2)c1C. The molecule has 1 unspecified atom stereocenters. The fourth-order valence-electron chi connectivity index (χ4n) is 3.17. The van der Waals surface area contributed by atoms with Gasteiger partial charge < -0.3 is 4.74 Å². The van der Waals surface area contributed by atoms with Crippen LogP contribution in [-0.2, 0) is 6.42 Å². The van der Waals surface area contributed by atoms with Crippen LogP contribution in [0.4, 0.5) is 0 Å². The maximum atomic E-state index is 12.5. The van der Waals surface area contributed by atoms with Gasteiger partial charge in [0.25, 0.3) is 5.91 Å². The second-order valence-electron chi connectivity index (χ2n) is 7.08. The molecule has 4 nitrogen and oxygen atoms in total. The highest BCUT2D eigenvalue weighted by Gasteiger charge is 2.16. The lowest BCUT2D eigenvalue weighted by atomic mass is 9.99. The van der Waals surface area contributed by atoms with Crippen LogP contribution in [-0.4, -0.2) is 22.3 Å². The summed E-state index contributed by atoms with van der Waals surface area (Å²) in [6.07, 6.45) is 5.62. The molecule has 0 aliphatic carbocycles. The molecule has 142 valence electrons. The zero-order valence-electron chi connectivity index (χ0n) is 16.8. The van der Waals surface area contributed by atoms with Gasteiger partial charge in [-0.05, 0) is 62.3 Å². The number of ether oxygens (including phenoxy) is 1. The normalized spacial score (nSPS) is 12.2. The minimum atomic E-state index is -0.127. The Labute approximate surface area is 157 Å². The summed E-state index contributed by atoms with van der Waals surface area (Å²) in [6.45, 7) is 10.5. The molecule has 1 aromatic carbocycles. The number of aromatic nitrogens is 2. The highest BCUT2D eigenvalue weighted by molar-refractivity contribution is 5.80. The summed E-state index contributed by atoms with van der Waals surface area (Å²) in [4.78, 5) is 12.5. The van der Waals surface area contributed by atoms with Gasteiger partial charge in [0.1, 0.15) is 5.75 Å². The summed E-state index contributed by atoms with van der Waals surface area (Å²) in [5.74, 6) is 1.12. The van der Waals surface area contributed by atoms with E-state index in [4.69, 9.17) is 4.74 Å². The van der Waals surface area contributed by atoms with E-state index >= 15 is 0 Å². The molecule has 0 radical (unpaired) electrons. The number of carbonyl (C=O) groups is 1. The molecule has 0 saturated heterocycles. The van der Waals surface area contributed by atoms with E-state index in [1.54, 1.807) is 0 Å². The van der Waals surface area contributed by atoms with Crippen molar-refractivity contribution in [3.63, 3.8) is 0 Å². The molecule has 1 aromatic heterocycles. The lowest BCUT2D eigenvalue weighted by Crippen LogP contribution is -2.21. The minimum Gasteiger partial charge on any atom is -0.484 e. The van der Waals surface area contributed by atoms with Crippen LogP contribution in [0.25, 0.3) is 0 Å². The van der Waals surface area contributed by atoms with Crippen LogP contribution < -0.4 is 4.74 Å². The molecule has 0 fully saturated rings. The maximum Gasteiger partial charge on any atom is 0.284 e. The van der Waals surface area contributed by atoms with E-state index in [0.717, 1.165) is 36.4 Å². The molecule has 0 amide bonds. The van der Waals surface area contributed by atoms with Crippen molar-refractivity contribution in [3.05, 3.63) is 46.8 Å². The molecule has 0 N–H and O–H groups in total. The van der Waals surface area contributed by atoms with Gasteiger partial charge in [-0.15, -0.1) is 0 Å². The van der Waals surface area contributed by atoms with Crippen LogP contribution in [0, 0.1) is 13.8 Å². The fourth-order valence-corrected chi connectivity index (χ4v) is 3.17. The van der Waals surface area contributed by atoms with Crippen molar-refractivity contribution in [2.75, 3.05) is 6.61 Å². The summed E-state index contributed by atoms with van der Waals surface area (Å²) < 4.78 is 7.19. The zero-order valence-corrected chi connectivity index (χ0v) is 16.8. The van der Waals surface area contributed by atoms with E-state index in [-0.39, 0.29) is 12.5 Å². The number of rotatable bonds is 9. The van der Waals surface area contributed by atoms with Crippen LogP contribution in [0.5, 0.6) is 5.75 Å². The quantitative estimate of drug-likeness (QED) is 0.560. The molecule has 0 saturated carbocycles. The number of hydrogen-bond donors (Lipinski definition) is 0. The lowest BCUT2D eigenvalue weighted by molar-refractivity contribution is 0.0818. The Kier molecular flexibility index (Phi) is 7.43. The number of benzene rings is 1. The first-order valence-corrected chi connectivity index (χ1v) is 9.78. The van der Waals surface area contributed by atoms with Gasteiger partial charge in [-0.1, -0.05) is 45.7 Å². The lowest BCUT2D eigenvalue weighted by Gasteiger charge is -2.11. The van der Waals surface area contributed by atoms with Crippen molar-refractivity contribution < 1.29 is 9.53 Å². The Morgan fingerprint density at radius 2 is 1.85 bits per heavy atom. The number of unbranched alkanes of at least 4 members (excludes halogenated alkanes) is 2. The van der Waals surface area contributed by atoms with Crippen LogP contribution >= 0.6 is 0 Å². The first-order chi connectivity index (χ1) is 12.5.